The van der Waals surface area contributed by atoms with Crippen molar-refractivity contribution in [3.8, 4) is 0 Å². The minimum Gasteiger partial charge on any atom is -0.456 e. The number of esters is 1. The molecule has 0 aliphatic heterocycles. The van der Waals surface area contributed by atoms with Gasteiger partial charge in [-0.2, -0.15) is 0 Å². The number of benzene rings is 1. The third kappa shape index (κ3) is 3.05. The maximum Gasteiger partial charge on any atom is 0.339 e. The SMILES string of the molecule is Cc1c(F)cccc1C(=O)OC(C)(C)C. The van der Waals surface area contributed by atoms with Crippen LogP contribution in [0.3, 0.4) is 0 Å². The van der Waals surface area contributed by atoms with Gasteiger partial charge in [-0.1, -0.05) is 6.07 Å². The summed E-state index contributed by atoms with van der Waals surface area (Å²) < 4.78 is 18.3. The topological polar surface area (TPSA) is 26.3 Å². The Labute approximate surface area is 89.1 Å². The zero-order chi connectivity index (χ0) is 11.6. The van der Waals surface area contributed by atoms with E-state index in [0.717, 1.165) is 0 Å². The number of rotatable bonds is 1. The van der Waals surface area contributed by atoms with Gasteiger partial charge in [0.15, 0.2) is 0 Å². The van der Waals surface area contributed by atoms with Crippen LogP contribution in [0.1, 0.15) is 36.7 Å². The fourth-order valence-electron chi connectivity index (χ4n) is 1.16. The van der Waals surface area contributed by atoms with Crippen molar-refractivity contribution in [2.75, 3.05) is 0 Å². The van der Waals surface area contributed by atoms with Crippen LogP contribution in [-0.2, 0) is 4.74 Å². The van der Waals surface area contributed by atoms with Crippen LogP contribution >= 0.6 is 0 Å². The lowest BCUT2D eigenvalue weighted by Gasteiger charge is -2.20. The van der Waals surface area contributed by atoms with Crippen LogP contribution in [0.4, 0.5) is 4.39 Å². The molecular formula is C12H15FO2. The Hall–Kier alpha value is -1.38. The number of ether oxygens (including phenoxy) is 1. The lowest BCUT2D eigenvalue weighted by Crippen LogP contribution is -2.24. The first-order chi connectivity index (χ1) is 6.81. The molecule has 0 fully saturated rings. The summed E-state index contributed by atoms with van der Waals surface area (Å²) in [5, 5.41) is 0. The molecule has 0 aromatic heterocycles. The van der Waals surface area contributed by atoms with Crippen molar-refractivity contribution >= 4 is 5.97 Å². The predicted octanol–water partition coefficient (Wildman–Crippen LogP) is 3.09. The minimum absolute atomic E-state index is 0.282. The van der Waals surface area contributed by atoms with Gasteiger partial charge in [-0.25, -0.2) is 9.18 Å². The van der Waals surface area contributed by atoms with E-state index in [1.165, 1.54) is 12.1 Å². The highest BCUT2D eigenvalue weighted by Crippen LogP contribution is 2.16. The third-order valence-electron chi connectivity index (χ3n) is 1.89. The first kappa shape index (κ1) is 11.7. The molecule has 0 aliphatic carbocycles. The Morgan fingerprint density at radius 2 is 1.93 bits per heavy atom. The van der Waals surface area contributed by atoms with E-state index in [1.807, 2.05) is 0 Å². The summed E-state index contributed by atoms with van der Waals surface area (Å²) in [6.07, 6.45) is 0. The Bertz CT molecular complexity index is 378. The van der Waals surface area contributed by atoms with E-state index in [1.54, 1.807) is 33.8 Å². The molecule has 0 saturated carbocycles. The van der Waals surface area contributed by atoms with Gasteiger partial charge in [-0.05, 0) is 45.4 Å². The summed E-state index contributed by atoms with van der Waals surface area (Å²) >= 11 is 0. The molecule has 82 valence electrons. The molecule has 0 spiro atoms. The van der Waals surface area contributed by atoms with E-state index >= 15 is 0 Å². The predicted molar refractivity (Wildman–Crippen MR) is 56.3 cm³/mol. The Morgan fingerprint density at radius 1 is 1.33 bits per heavy atom. The molecule has 0 aliphatic rings. The van der Waals surface area contributed by atoms with Crippen LogP contribution < -0.4 is 0 Å². The van der Waals surface area contributed by atoms with Crippen molar-refractivity contribution in [1.82, 2.24) is 0 Å². The van der Waals surface area contributed by atoms with E-state index in [0.29, 0.717) is 5.56 Å². The number of carbonyl (C=O) groups excluding carboxylic acids is 1. The van der Waals surface area contributed by atoms with Gasteiger partial charge in [-0.3, -0.25) is 0 Å². The molecule has 0 heterocycles. The number of hydrogen-bond donors (Lipinski definition) is 0. The fourth-order valence-corrected chi connectivity index (χ4v) is 1.16. The monoisotopic (exact) mass is 210 g/mol. The van der Waals surface area contributed by atoms with Gasteiger partial charge in [0.05, 0.1) is 5.56 Å². The number of hydrogen-bond acceptors (Lipinski definition) is 2. The highest BCUT2D eigenvalue weighted by Gasteiger charge is 2.20. The van der Waals surface area contributed by atoms with Crippen molar-refractivity contribution in [3.63, 3.8) is 0 Å². The van der Waals surface area contributed by atoms with Gasteiger partial charge < -0.3 is 4.74 Å². The van der Waals surface area contributed by atoms with Crippen molar-refractivity contribution in [2.24, 2.45) is 0 Å². The molecule has 0 saturated heterocycles. The highest BCUT2D eigenvalue weighted by molar-refractivity contribution is 5.91. The minimum atomic E-state index is -0.560. The van der Waals surface area contributed by atoms with Gasteiger partial charge in [0, 0.05) is 0 Å². The number of carbonyl (C=O) groups is 1. The fraction of sp³-hybridized carbons (Fsp3) is 0.417. The Kier molecular flexibility index (Phi) is 3.12. The lowest BCUT2D eigenvalue weighted by molar-refractivity contribution is 0.00682. The quantitative estimate of drug-likeness (QED) is 0.666. The summed E-state index contributed by atoms with van der Waals surface area (Å²) in [6, 6.07) is 4.39. The maximum atomic E-state index is 13.2. The van der Waals surface area contributed by atoms with Crippen LogP contribution in [0.2, 0.25) is 0 Å². The average Bonchev–Trinajstić information content (AvgIpc) is 2.06. The first-order valence-corrected chi connectivity index (χ1v) is 4.80. The highest BCUT2D eigenvalue weighted by atomic mass is 19.1. The van der Waals surface area contributed by atoms with Crippen LogP contribution in [0, 0.1) is 12.7 Å². The van der Waals surface area contributed by atoms with E-state index in [4.69, 9.17) is 4.74 Å². The van der Waals surface area contributed by atoms with Gasteiger partial charge >= 0.3 is 5.97 Å². The van der Waals surface area contributed by atoms with Crippen molar-refractivity contribution < 1.29 is 13.9 Å². The zero-order valence-corrected chi connectivity index (χ0v) is 9.43. The normalized spacial score (nSPS) is 11.3. The van der Waals surface area contributed by atoms with E-state index in [2.05, 4.69) is 0 Å². The molecule has 1 rings (SSSR count). The van der Waals surface area contributed by atoms with E-state index < -0.39 is 17.4 Å². The van der Waals surface area contributed by atoms with Crippen molar-refractivity contribution in [2.45, 2.75) is 33.3 Å². The third-order valence-corrected chi connectivity index (χ3v) is 1.89. The van der Waals surface area contributed by atoms with Crippen LogP contribution in [0.15, 0.2) is 18.2 Å². The van der Waals surface area contributed by atoms with Crippen molar-refractivity contribution in [3.05, 3.63) is 35.1 Å². The van der Waals surface area contributed by atoms with Gasteiger partial charge in [-0.15, -0.1) is 0 Å². The standard InChI is InChI=1S/C12H15FO2/c1-8-9(6-5-7-10(8)13)11(14)15-12(2,3)4/h5-7H,1-4H3. The molecule has 15 heavy (non-hydrogen) atoms. The molecule has 0 unspecified atom stereocenters. The molecular weight excluding hydrogens is 195 g/mol. The second kappa shape index (κ2) is 4.01. The molecule has 0 radical (unpaired) electrons. The van der Waals surface area contributed by atoms with Crippen molar-refractivity contribution in [1.29, 1.82) is 0 Å². The smallest absolute Gasteiger partial charge is 0.339 e. The molecule has 1 aromatic carbocycles. The molecule has 0 bridgehead atoms. The maximum absolute atomic E-state index is 13.2. The van der Waals surface area contributed by atoms with Gasteiger partial charge in [0.2, 0.25) is 0 Å². The molecule has 0 atom stereocenters. The second-order valence-electron chi connectivity index (χ2n) is 4.41. The molecule has 0 N–H and O–H groups in total. The summed E-state index contributed by atoms with van der Waals surface area (Å²) in [5.41, 5.74) is 0.0484. The summed E-state index contributed by atoms with van der Waals surface area (Å²) in [7, 11) is 0. The lowest BCUT2D eigenvalue weighted by atomic mass is 10.1. The van der Waals surface area contributed by atoms with Gasteiger partial charge in [0.1, 0.15) is 11.4 Å². The molecule has 1 aromatic rings. The van der Waals surface area contributed by atoms with Crippen LogP contribution in [-0.4, -0.2) is 11.6 Å². The average molecular weight is 210 g/mol. The van der Waals surface area contributed by atoms with Crippen LogP contribution in [0.5, 0.6) is 0 Å². The summed E-state index contributed by atoms with van der Waals surface area (Å²) in [6.45, 7) is 6.90. The second-order valence-corrected chi connectivity index (χ2v) is 4.41. The Morgan fingerprint density at radius 3 is 2.47 bits per heavy atom. The molecule has 0 amide bonds. The number of halogens is 1. The van der Waals surface area contributed by atoms with Gasteiger partial charge in [0.25, 0.3) is 0 Å². The summed E-state index contributed by atoms with van der Waals surface area (Å²) in [4.78, 5) is 11.6. The first-order valence-electron chi connectivity index (χ1n) is 4.80. The van der Waals surface area contributed by atoms with E-state index in [-0.39, 0.29) is 5.56 Å². The molecule has 2 nitrogen and oxygen atoms in total. The van der Waals surface area contributed by atoms with Crippen LogP contribution in [0.25, 0.3) is 0 Å². The zero-order valence-electron chi connectivity index (χ0n) is 9.43. The summed E-state index contributed by atoms with van der Waals surface area (Å²) in [5.74, 6) is -0.877. The largest absolute Gasteiger partial charge is 0.456 e. The van der Waals surface area contributed by atoms with E-state index in [9.17, 15) is 9.18 Å². The molecule has 3 heteroatoms. The Balaban J connectivity index is 2.97.